The second-order valence-electron chi connectivity index (χ2n) is 3.05. The zero-order chi connectivity index (χ0) is 8.85. The van der Waals surface area contributed by atoms with E-state index in [9.17, 15) is 4.79 Å². The third kappa shape index (κ3) is 12.6. The van der Waals surface area contributed by atoms with Crippen LogP contribution in [0.15, 0.2) is 0 Å². The van der Waals surface area contributed by atoms with Gasteiger partial charge in [-0.2, -0.15) is 0 Å². The minimum atomic E-state index is -0.150. The van der Waals surface area contributed by atoms with Gasteiger partial charge in [0.1, 0.15) is 6.10 Å². The maximum absolute atomic E-state index is 10.1. The molecule has 0 unspecified atom stereocenters. The van der Waals surface area contributed by atoms with E-state index < -0.39 is 0 Å². The second kappa shape index (κ2) is 5.13. The van der Waals surface area contributed by atoms with Crippen LogP contribution in [0.1, 0.15) is 33.6 Å². The highest BCUT2D eigenvalue weighted by atomic mass is 16.5. The molecule has 0 spiro atoms. The summed E-state index contributed by atoms with van der Waals surface area (Å²) in [7, 11) is 0. The van der Waals surface area contributed by atoms with Crippen LogP contribution in [0.25, 0.3) is 0 Å². The highest BCUT2D eigenvalue weighted by molar-refractivity contribution is 5.66. The largest absolute Gasteiger partial charge is 0.463 e. The van der Waals surface area contributed by atoms with Crippen LogP contribution in [-0.4, -0.2) is 18.1 Å². The van der Waals surface area contributed by atoms with E-state index in [0.717, 1.165) is 12.8 Å². The number of nitrogens with two attached hydrogens (primary N) is 1. The van der Waals surface area contributed by atoms with Crippen LogP contribution in [-0.2, 0) is 9.53 Å². The first-order valence-electron chi connectivity index (χ1n) is 3.95. The third-order valence-corrected chi connectivity index (χ3v) is 0.857. The topological polar surface area (TPSA) is 52.3 Å². The number of hydrogen-bond donors (Lipinski definition) is 1. The normalized spacial score (nSPS) is 15.4. The van der Waals surface area contributed by atoms with Crippen molar-refractivity contribution in [3.63, 3.8) is 0 Å². The molecule has 3 heteroatoms. The van der Waals surface area contributed by atoms with Gasteiger partial charge in [0.05, 0.1) is 0 Å². The predicted molar refractivity (Wildman–Crippen MR) is 44.1 cm³/mol. The second-order valence-corrected chi connectivity index (χ2v) is 3.05. The van der Waals surface area contributed by atoms with Gasteiger partial charge in [-0.15, -0.1) is 0 Å². The van der Waals surface area contributed by atoms with E-state index in [1.54, 1.807) is 0 Å². The molecule has 1 rings (SSSR count). The third-order valence-electron chi connectivity index (χ3n) is 0.857. The SMILES string of the molecule is CC(=O)OC1CC1.CC(C)N. The highest BCUT2D eigenvalue weighted by Crippen LogP contribution is 2.23. The van der Waals surface area contributed by atoms with Crippen molar-refractivity contribution in [1.29, 1.82) is 0 Å². The molecule has 0 amide bonds. The molecule has 0 aromatic heterocycles. The molecule has 0 heterocycles. The fourth-order valence-corrected chi connectivity index (χ4v) is 0.421. The quantitative estimate of drug-likeness (QED) is 0.582. The van der Waals surface area contributed by atoms with Gasteiger partial charge in [0.25, 0.3) is 0 Å². The van der Waals surface area contributed by atoms with E-state index in [1.165, 1.54) is 6.92 Å². The van der Waals surface area contributed by atoms with Crippen LogP contribution < -0.4 is 5.73 Å². The molecule has 2 N–H and O–H groups in total. The summed E-state index contributed by atoms with van der Waals surface area (Å²) in [6, 6.07) is 0.333. The molecule has 0 saturated heterocycles. The smallest absolute Gasteiger partial charge is 0.302 e. The van der Waals surface area contributed by atoms with E-state index >= 15 is 0 Å². The van der Waals surface area contributed by atoms with E-state index in [-0.39, 0.29) is 12.1 Å². The van der Waals surface area contributed by atoms with Crippen LogP contribution in [0, 0.1) is 0 Å². The number of esters is 1. The summed E-state index contributed by atoms with van der Waals surface area (Å²) in [6.45, 7) is 5.33. The highest BCUT2D eigenvalue weighted by Gasteiger charge is 2.23. The van der Waals surface area contributed by atoms with Gasteiger partial charge in [-0.05, 0) is 18.9 Å². The van der Waals surface area contributed by atoms with Gasteiger partial charge in [0.2, 0.25) is 0 Å². The minimum absolute atomic E-state index is 0.150. The van der Waals surface area contributed by atoms with Gasteiger partial charge >= 0.3 is 5.97 Å². The van der Waals surface area contributed by atoms with E-state index in [0.29, 0.717) is 6.04 Å². The molecular formula is C8H17NO2. The number of rotatable bonds is 1. The van der Waals surface area contributed by atoms with Crippen molar-refractivity contribution < 1.29 is 9.53 Å². The number of hydrogen-bond acceptors (Lipinski definition) is 3. The summed E-state index contributed by atoms with van der Waals surface area (Å²) in [6.07, 6.45) is 2.41. The van der Waals surface area contributed by atoms with Crippen LogP contribution in [0.5, 0.6) is 0 Å². The Labute approximate surface area is 67.9 Å². The summed E-state index contributed by atoms with van der Waals surface area (Å²) in [5, 5.41) is 0. The van der Waals surface area contributed by atoms with Crippen LogP contribution >= 0.6 is 0 Å². The van der Waals surface area contributed by atoms with Gasteiger partial charge in [-0.1, -0.05) is 13.8 Å². The van der Waals surface area contributed by atoms with E-state index in [1.807, 2.05) is 13.8 Å². The van der Waals surface area contributed by atoms with Gasteiger partial charge in [0, 0.05) is 6.92 Å². The molecule has 0 aromatic carbocycles. The van der Waals surface area contributed by atoms with Crippen molar-refractivity contribution in [2.45, 2.75) is 45.8 Å². The molecule has 11 heavy (non-hydrogen) atoms. The maximum Gasteiger partial charge on any atom is 0.302 e. The molecule has 66 valence electrons. The zero-order valence-electron chi connectivity index (χ0n) is 7.46. The Morgan fingerprint density at radius 1 is 1.55 bits per heavy atom. The lowest BCUT2D eigenvalue weighted by molar-refractivity contribution is -0.142. The molecule has 1 aliphatic carbocycles. The Morgan fingerprint density at radius 2 is 1.91 bits per heavy atom. The van der Waals surface area contributed by atoms with Crippen LogP contribution in [0.3, 0.4) is 0 Å². The lowest BCUT2D eigenvalue weighted by Gasteiger charge is -1.92. The monoisotopic (exact) mass is 159 g/mol. The summed E-state index contributed by atoms with van der Waals surface area (Å²) in [5.74, 6) is -0.150. The minimum Gasteiger partial charge on any atom is -0.463 e. The van der Waals surface area contributed by atoms with Gasteiger partial charge in [-0.3, -0.25) is 4.79 Å². The standard InChI is InChI=1S/C5H8O2.C3H9N/c1-4(6)7-5-2-3-5;1-3(2)4/h5H,2-3H2,1H3;3H,4H2,1-2H3. The number of ether oxygens (including phenoxy) is 1. The molecule has 0 bridgehead atoms. The Kier molecular flexibility index (Phi) is 4.86. The van der Waals surface area contributed by atoms with Gasteiger partial charge < -0.3 is 10.5 Å². The van der Waals surface area contributed by atoms with Crippen molar-refractivity contribution in [1.82, 2.24) is 0 Å². The number of carbonyl (C=O) groups excluding carboxylic acids is 1. The molecule has 0 atom stereocenters. The number of carbonyl (C=O) groups is 1. The summed E-state index contributed by atoms with van der Waals surface area (Å²) >= 11 is 0. The summed E-state index contributed by atoms with van der Waals surface area (Å²) in [4.78, 5) is 10.1. The molecule has 1 saturated carbocycles. The molecule has 1 fully saturated rings. The average Bonchev–Trinajstić information content (AvgIpc) is 2.45. The van der Waals surface area contributed by atoms with Crippen molar-refractivity contribution in [2.24, 2.45) is 5.73 Å². The first-order valence-corrected chi connectivity index (χ1v) is 3.95. The predicted octanol–water partition coefficient (Wildman–Crippen LogP) is 1.07. The molecule has 0 radical (unpaired) electrons. The fraction of sp³-hybridized carbons (Fsp3) is 0.875. The lowest BCUT2D eigenvalue weighted by atomic mass is 10.5. The maximum atomic E-state index is 10.1. The summed E-state index contributed by atoms with van der Waals surface area (Å²) < 4.78 is 4.72. The van der Waals surface area contributed by atoms with Crippen molar-refractivity contribution in [3.05, 3.63) is 0 Å². The first kappa shape index (κ1) is 10.4. The average molecular weight is 159 g/mol. The van der Waals surface area contributed by atoms with E-state index in [4.69, 9.17) is 10.5 Å². The van der Waals surface area contributed by atoms with E-state index in [2.05, 4.69) is 0 Å². The molecular weight excluding hydrogens is 142 g/mol. The van der Waals surface area contributed by atoms with Crippen molar-refractivity contribution >= 4 is 5.97 Å². The Morgan fingerprint density at radius 3 is 2.00 bits per heavy atom. The first-order chi connectivity index (χ1) is 5.02. The fourth-order valence-electron chi connectivity index (χ4n) is 0.421. The lowest BCUT2D eigenvalue weighted by Crippen LogP contribution is -2.06. The van der Waals surface area contributed by atoms with Gasteiger partial charge in [-0.25, -0.2) is 0 Å². The summed E-state index contributed by atoms with van der Waals surface area (Å²) in [5.41, 5.74) is 5.11. The molecule has 3 nitrogen and oxygen atoms in total. The Hall–Kier alpha value is -0.570. The van der Waals surface area contributed by atoms with Crippen LogP contribution in [0.4, 0.5) is 0 Å². The molecule has 0 aromatic rings. The van der Waals surface area contributed by atoms with Gasteiger partial charge in [0.15, 0.2) is 0 Å². The van der Waals surface area contributed by atoms with Crippen molar-refractivity contribution in [2.75, 3.05) is 0 Å². The molecule has 0 aliphatic heterocycles. The molecule has 1 aliphatic rings. The van der Waals surface area contributed by atoms with Crippen molar-refractivity contribution in [3.8, 4) is 0 Å². The Bertz CT molecular complexity index is 117. The van der Waals surface area contributed by atoms with Crippen LogP contribution in [0.2, 0.25) is 0 Å². The zero-order valence-corrected chi connectivity index (χ0v) is 7.46. The Balaban J connectivity index is 0.000000218.